The van der Waals surface area contributed by atoms with Crippen LogP contribution in [0.25, 0.3) is 0 Å². The Bertz CT molecular complexity index is 584. The fourth-order valence-electron chi connectivity index (χ4n) is 2.25. The third-order valence-corrected chi connectivity index (χ3v) is 3.92. The summed E-state index contributed by atoms with van der Waals surface area (Å²) in [6.45, 7) is 2.95. The Kier molecular flexibility index (Phi) is 6.04. The first-order valence-corrected chi connectivity index (χ1v) is 7.78. The molecule has 2 aromatic rings. The number of rotatable bonds is 6. The van der Waals surface area contributed by atoms with Crippen molar-refractivity contribution in [1.29, 1.82) is 0 Å². The molecule has 0 fully saturated rings. The summed E-state index contributed by atoms with van der Waals surface area (Å²) in [5.74, 6) is -0.270. The number of nitrogens with one attached hydrogen (secondary N) is 1. The smallest absolute Gasteiger partial charge is 0.123 e. The van der Waals surface area contributed by atoms with Gasteiger partial charge in [0.1, 0.15) is 5.82 Å². The SMILES string of the molecule is CCCNC(Cc1ccc(Cl)cc1)c1cc(F)ccc1Cl. The molecule has 2 rings (SSSR count). The molecule has 0 saturated heterocycles. The average molecular weight is 326 g/mol. The van der Waals surface area contributed by atoms with Gasteiger partial charge in [-0.15, -0.1) is 0 Å². The fraction of sp³-hybridized carbons (Fsp3) is 0.294. The van der Waals surface area contributed by atoms with E-state index in [0.29, 0.717) is 10.0 Å². The second kappa shape index (κ2) is 7.79. The summed E-state index contributed by atoms with van der Waals surface area (Å²) in [6.07, 6.45) is 1.74. The van der Waals surface area contributed by atoms with E-state index in [0.717, 1.165) is 30.5 Å². The van der Waals surface area contributed by atoms with Crippen molar-refractivity contribution in [3.05, 3.63) is 69.5 Å². The van der Waals surface area contributed by atoms with E-state index in [1.807, 2.05) is 24.3 Å². The molecule has 0 aliphatic rings. The van der Waals surface area contributed by atoms with Crippen LogP contribution >= 0.6 is 23.2 Å². The lowest BCUT2D eigenvalue weighted by Crippen LogP contribution is -2.24. The maximum Gasteiger partial charge on any atom is 0.123 e. The largest absolute Gasteiger partial charge is 0.310 e. The minimum absolute atomic E-state index is 0.0191. The second-order valence-corrected chi connectivity index (χ2v) is 5.85. The Balaban J connectivity index is 2.25. The van der Waals surface area contributed by atoms with Gasteiger partial charge in [-0.25, -0.2) is 4.39 Å². The Labute approximate surface area is 135 Å². The number of benzene rings is 2. The van der Waals surface area contributed by atoms with Gasteiger partial charge >= 0.3 is 0 Å². The molecule has 112 valence electrons. The molecule has 0 saturated carbocycles. The van der Waals surface area contributed by atoms with Gasteiger partial charge in [0.2, 0.25) is 0 Å². The fourth-order valence-corrected chi connectivity index (χ4v) is 2.62. The molecule has 1 N–H and O–H groups in total. The lowest BCUT2D eigenvalue weighted by Gasteiger charge is -2.20. The van der Waals surface area contributed by atoms with Crippen LogP contribution in [0.4, 0.5) is 4.39 Å². The molecule has 0 bridgehead atoms. The lowest BCUT2D eigenvalue weighted by molar-refractivity contribution is 0.524. The Hall–Kier alpha value is -1.09. The molecule has 1 nitrogen and oxygen atoms in total. The second-order valence-electron chi connectivity index (χ2n) is 5.00. The van der Waals surface area contributed by atoms with Crippen LogP contribution in [-0.4, -0.2) is 6.54 Å². The summed E-state index contributed by atoms with van der Waals surface area (Å²) in [5.41, 5.74) is 1.92. The molecule has 0 aliphatic carbocycles. The van der Waals surface area contributed by atoms with Crippen LogP contribution in [0.1, 0.15) is 30.5 Å². The highest BCUT2D eigenvalue weighted by Gasteiger charge is 2.15. The third-order valence-electron chi connectivity index (χ3n) is 3.33. The molecule has 0 spiro atoms. The quantitative estimate of drug-likeness (QED) is 0.748. The van der Waals surface area contributed by atoms with Gasteiger partial charge in [-0.05, 0) is 60.8 Å². The predicted molar refractivity (Wildman–Crippen MR) is 87.6 cm³/mol. The zero-order chi connectivity index (χ0) is 15.2. The maximum absolute atomic E-state index is 13.5. The van der Waals surface area contributed by atoms with Gasteiger partial charge in [-0.1, -0.05) is 42.3 Å². The normalized spacial score (nSPS) is 12.4. The van der Waals surface area contributed by atoms with Crippen molar-refractivity contribution in [1.82, 2.24) is 5.32 Å². The van der Waals surface area contributed by atoms with Crippen LogP contribution in [0.2, 0.25) is 10.0 Å². The summed E-state index contributed by atoms with van der Waals surface area (Å²) in [5, 5.41) is 4.72. The van der Waals surface area contributed by atoms with Gasteiger partial charge in [-0.2, -0.15) is 0 Å². The first-order valence-electron chi connectivity index (χ1n) is 7.03. The minimum atomic E-state index is -0.270. The molecule has 0 aromatic heterocycles. The Morgan fingerprint density at radius 1 is 1.10 bits per heavy atom. The monoisotopic (exact) mass is 325 g/mol. The van der Waals surface area contributed by atoms with Crippen molar-refractivity contribution in [2.45, 2.75) is 25.8 Å². The lowest BCUT2D eigenvalue weighted by atomic mass is 9.98. The molecule has 1 atom stereocenters. The van der Waals surface area contributed by atoms with Crippen LogP contribution in [0.5, 0.6) is 0 Å². The first kappa shape index (κ1) is 16.3. The van der Waals surface area contributed by atoms with E-state index in [1.54, 1.807) is 6.07 Å². The van der Waals surface area contributed by atoms with E-state index in [4.69, 9.17) is 23.2 Å². The maximum atomic E-state index is 13.5. The predicted octanol–water partition coefficient (Wildman–Crippen LogP) is 5.42. The number of hydrogen-bond acceptors (Lipinski definition) is 1. The van der Waals surface area contributed by atoms with Crippen LogP contribution in [0.15, 0.2) is 42.5 Å². The molecule has 21 heavy (non-hydrogen) atoms. The molecule has 0 aliphatic heterocycles. The summed E-state index contributed by atoms with van der Waals surface area (Å²) < 4.78 is 13.5. The summed E-state index contributed by atoms with van der Waals surface area (Å²) in [7, 11) is 0. The van der Waals surface area contributed by atoms with Gasteiger partial charge < -0.3 is 5.32 Å². The van der Waals surface area contributed by atoms with Gasteiger partial charge in [-0.3, -0.25) is 0 Å². The van der Waals surface area contributed by atoms with Gasteiger partial charge in [0.05, 0.1) is 0 Å². The van der Waals surface area contributed by atoms with Crippen LogP contribution in [-0.2, 0) is 6.42 Å². The molecule has 1 unspecified atom stereocenters. The van der Waals surface area contributed by atoms with Crippen molar-refractivity contribution < 1.29 is 4.39 Å². The highest BCUT2D eigenvalue weighted by molar-refractivity contribution is 6.31. The summed E-state index contributed by atoms with van der Waals surface area (Å²) in [6, 6.07) is 12.2. The molecule has 2 aromatic carbocycles. The van der Waals surface area contributed by atoms with Crippen molar-refractivity contribution >= 4 is 23.2 Å². The zero-order valence-electron chi connectivity index (χ0n) is 11.9. The van der Waals surface area contributed by atoms with E-state index < -0.39 is 0 Å². The van der Waals surface area contributed by atoms with E-state index >= 15 is 0 Å². The van der Waals surface area contributed by atoms with E-state index in [2.05, 4.69) is 12.2 Å². The minimum Gasteiger partial charge on any atom is -0.310 e. The molecular formula is C17H18Cl2FN. The third kappa shape index (κ3) is 4.70. The van der Waals surface area contributed by atoms with E-state index in [9.17, 15) is 4.39 Å². The molecule has 0 radical (unpaired) electrons. The van der Waals surface area contributed by atoms with Crippen molar-refractivity contribution in [2.75, 3.05) is 6.54 Å². The molecule has 0 amide bonds. The first-order chi connectivity index (χ1) is 10.1. The number of hydrogen-bond donors (Lipinski definition) is 1. The van der Waals surface area contributed by atoms with Gasteiger partial charge in [0, 0.05) is 16.1 Å². The Morgan fingerprint density at radius 3 is 2.48 bits per heavy atom. The van der Waals surface area contributed by atoms with Crippen LogP contribution in [0, 0.1) is 5.82 Å². The topological polar surface area (TPSA) is 12.0 Å². The molecular weight excluding hydrogens is 308 g/mol. The standard InChI is InChI=1S/C17H18Cl2FN/c1-2-9-21-17(10-12-3-5-13(18)6-4-12)15-11-14(20)7-8-16(15)19/h3-8,11,17,21H,2,9-10H2,1H3. The van der Waals surface area contributed by atoms with Crippen molar-refractivity contribution in [2.24, 2.45) is 0 Å². The average Bonchev–Trinajstić information content (AvgIpc) is 2.48. The van der Waals surface area contributed by atoms with Crippen LogP contribution in [0.3, 0.4) is 0 Å². The zero-order valence-corrected chi connectivity index (χ0v) is 13.4. The highest BCUT2D eigenvalue weighted by atomic mass is 35.5. The van der Waals surface area contributed by atoms with Crippen molar-refractivity contribution in [3.63, 3.8) is 0 Å². The molecule has 0 heterocycles. The van der Waals surface area contributed by atoms with E-state index in [-0.39, 0.29) is 11.9 Å². The van der Waals surface area contributed by atoms with Crippen molar-refractivity contribution in [3.8, 4) is 0 Å². The highest BCUT2D eigenvalue weighted by Crippen LogP contribution is 2.27. The van der Waals surface area contributed by atoms with E-state index in [1.165, 1.54) is 12.1 Å². The van der Waals surface area contributed by atoms with Gasteiger partial charge in [0.25, 0.3) is 0 Å². The Morgan fingerprint density at radius 2 is 1.81 bits per heavy atom. The number of halogens is 3. The van der Waals surface area contributed by atoms with Crippen LogP contribution < -0.4 is 5.32 Å². The summed E-state index contributed by atoms with van der Waals surface area (Å²) >= 11 is 12.1. The van der Waals surface area contributed by atoms with Gasteiger partial charge in [0.15, 0.2) is 0 Å². The summed E-state index contributed by atoms with van der Waals surface area (Å²) in [4.78, 5) is 0. The molecule has 4 heteroatoms.